The number of thiophene rings is 1. The predicted octanol–water partition coefficient (Wildman–Crippen LogP) is 5.25. The maximum Gasteiger partial charge on any atom is 0.119 e. The molecule has 2 nitrogen and oxygen atoms in total. The van der Waals surface area contributed by atoms with Crippen molar-refractivity contribution in [3.05, 3.63) is 45.1 Å². The van der Waals surface area contributed by atoms with Gasteiger partial charge in [0.05, 0.1) is 6.61 Å². The van der Waals surface area contributed by atoms with Crippen LogP contribution < -0.4 is 10.1 Å². The molecule has 0 aliphatic heterocycles. The number of nitrogens with one attached hydrogen (secondary N) is 1. The SMILES string of the molecule is CCOc1ccc(NC(C)c2cc(C)sc2C)c(C)c1. The van der Waals surface area contributed by atoms with Crippen LogP contribution in [0.2, 0.25) is 0 Å². The maximum absolute atomic E-state index is 5.53. The van der Waals surface area contributed by atoms with Crippen molar-refractivity contribution in [2.75, 3.05) is 11.9 Å². The van der Waals surface area contributed by atoms with Crippen molar-refractivity contribution in [2.45, 2.75) is 40.7 Å². The lowest BCUT2D eigenvalue weighted by Crippen LogP contribution is -2.08. The van der Waals surface area contributed by atoms with Gasteiger partial charge in [-0.25, -0.2) is 0 Å². The molecule has 1 unspecified atom stereocenters. The van der Waals surface area contributed by atoms with Gasteiger partial charge in [-0.1, -0.05) is 0 Å². The quantitative estimate of drug-likeness (QED) is 0.812. The summed E-state index contributed by atoms with van der Waals surface area (Å²) in [5, 5.41) is 3.60. The van der Waals surface area contributed by atoms with Gasteiger partial charge in [0.15, 0.2) is 0 Å². The van der Waals surface area contributed by atoms with E-state index in [1.165, 1.54) is 26.6 Å². The average Bonchev–Trinajstić information content (AvgIpc) is 2.72. The van der Waals surface area contributed by atoms with E-state index in [1.54, 1.807) is 0 Å². The largest absolute Gasteiger partial charge is 0.494 e. The summed E-state index contributed by atoms with van der Waals surface area (Å²) in [6, 6.07) is 8.81. The van der Waals surface area contributed by atoms with E-state index < -0.39 is 0 Å². The fraction of sp³-hybridized carbons (Fsp3) is 0.412. The minimum Gasteiger partial charge on any atom is -0.494 e. The number of benzene rings is 1. The van der Waals surface area contributed by atoms with Crippen molar-refractivity contribution < 1.29 is 4.74 Å². The highest BCUT2D eigenvalue weighted by molar-refractivity contribution is 7.12. The zero-order valence-electron chi connectivity index (χ0n) is 12.9. The standard InChI is InChI=1S/C17H23NOS/c1-6-19-15-7-8-17(11(2)9-15)18-13(4)16-10-12(3)20-14(16)5/h7-10,13,18H,6H2,1-5H3. The Labute approximate surface area is 125 Å². The molecular formula is C17H23NOS. The van der Waals surface area contributed by atoms with Crippen molar-refractivity contribution in [2.24, 2.45) is 0 Å². The van der Waals surface area contributed by atoms with Crippen LogP contribution in [0.4, 0.5) is 5.69 Å². The highest BCUT2D eigenvalue weighted by atomic mass is 32.1. The van der Waals surface area contributed by atoms with Crippen molar-refractivity contribution in [1.29, 1.82) is 0 Å². The van der Waals surface area contributed by atoms with Crippen LogP contribution in [0, 0.1) is 20.8 Å². The summed E-state index contributed by atoms with van der Waals surface area (Å²) in [6.07, 6.45) is 0. The van der Waals surface area contributed by atoms with Crippen LogP contribution in [0.15, 0.2) is 24.3 Å². The van der Waals surface area contributed by atoms with E-state index in [1.807, 2.05) is 24.3 Å². The normalized spacial score (nSPS) is 12.2. The fourth-order valence-corrected chi connectivity index (χ4v) is 3.47. The zero-order valence-corrected chi connectivity index (χ0v) is 13.7. The Morgan fingerprint density at radius 1 is 1.20 bits per heavy atom. The molecule has 108 valence electrons. The predicted molar refractivity (Wildman–Crippen MR) is 88.2 cm³/mol. The molecule has 3 heteroatoms. The first-order chi connectivity index (χ1) is 9.51. The van der Waals surface area contributed by atoms with E-state index in [9.17, 15) is 0 Å². The molecule has 0 spiro atoms. The van der Waals surface area contributed by atoms with Gasteiger partial charge < -0.3 is 10.1 Å². The number of rotatable bonds is 5. The number of anilines is 1. The Kier molecular flexibility index (Phi) is 4.71. The summed E-state index contributed by atoms with van der Waals surface area (Å²) in [4.78, 5) is 2.76. The van der Waals surface area contributed by atoms with Gasteiger partial charge in [-0.3, -0.25) is 0 Å². The van der Waals surface area contributed by atoms with Crippen molar-refractivity contribution >= 4 is 17.0 Å². The van der Waals surface area contributed by atoms with Gasteiger partial charge in [0.2, 0.25) is 0 Å². The molecule has 2 rings (SSSR count). The molecule has 0 fully saturated rings. The maximum atomic E-state index is 5.53. The summed E-state index contributed by atoms with van der Waals surface area (Å²) < 4.78 is 5.53. The fourth-order valence-electron chi connectivity index (χ4n) is 2.45. The third-order valence-corrected chi connectivity index (χ3v) is 4.41. The third-order valence-electron chi connectivity index (χ3n) is 3.43. The van der Waals surface area contributed by atoms with Crippen LogP contribution in [0.25, 0.3) is 0 Å². The lowest BCUT2D eigenvalue weighted by Gasteiger charge is -2.18. The highest BCUT2D eigenvalue weighted by Gasteiger charge is 2.12. The molecule has 2 aromatic rings. The van der Waals surface area contributed by atoms with E-state index in [2.05, 4.69) is 51.2 Å². The molecule has 0 aliphatic carbocycles. The summed E-state index contributed by atoms with van der Waals surface area (Å²) in [7, 11) is 0. The first-order valence-corrected chi connectivity index (χ1v) is 7.89. The van der Waals surface area contributed by atoms with E-state index in [0.717, 1.165) is 5.75 Å². The zero-order chi connectivity index (χ0) is 14.7. The Balaban J connectivity index is 2.15. The first kappa shape index (κ1) is 14.9. The molecular weight excluding hydrogens is 266 g/mol. The Hall–Kier alpha value is -1.48. The average molecular weight is 289 g/mol. The van der Waals surface area contributed by atoms with E-state index in [0.29, 0.717) is 12.6 Å². The summed E-state index contributed by atoms with van der Waals surface area (Å²) in [6.45, 7) is 11.4. The highest BCUT2D eigenvalue weighted by Crippen LogP contribution is 2.30. The number of hydrogen-bond acceptors (Lipinski definition) is 3. The van der Waals surface area contributed by atoms with Gasteiger partial charge in [0, 0.05) is 21.5 Å². The van der Waals surface area contributed by atoms with Crippen LogP contribution in [-0.2, 0) is 0 Å². The molecule has 1 heterocycles. The van der Waals surface area contributed by atoms with Crippen LogP contribution in [0.3, 0.4) is 0 Å². The molecule has 0 amide bonds. The minimum absolute atomic E-state index is 0.316. The second kappa shape index (κ2) is 6.31. The van der Waals surface area contributed by atoms with Crippen LogP contribution in [0.1, 0.15) is 40.8 Å². The summed E-state index contributed by atoms with van der Waals surface area (Å²) in [5.41, 5.74) is 3.78. The Morgan fingerprint density at radius 2 is 1.95 bits per heavy atom. The Morgan fingerprint density at radius 3 is 2.50 bits per heavy atom. The molecule has 0 aliphatic rings. The molecule has 1 aromatic carbocycles. The molecule has 0 saturated carbocycles. The van der Waals surface area contributed by atoms with E-state index in [-0.39, 0.29) is 0 Å². The summed E-state index contributed by atoms with van der Waals surface area (Å²) in [5.74, 6) is 0.936. The van der Waals surface area contributed by atoms with Crippen molar-refractivity contribution in [3.8, 4) is 5.75 Å². The lowest BCUT2D eigenvalue weighted by molar-refractivity contribution is 0.340. The van der Waals surface area contributed by atoms with Gasteiger partial charge in [-0.2, -0.15) is 0 Å². The Bertz CT molecular complexity index is 589. The number of aryl methyl sites for hydroxylation is 3. The molecule has 0 saturated heterocycles. The number of ether oxygens (including phenoxy) is 1. The number of hydrogen-bond donors (Lipinski definition) is 1. The monoisotopic (exact) mass is 289 g/mol. The van der Waals surface area contributed by atoms with Gasteiger partial charge in [-0.15, -0.1) is 11.3 Å². The van der Waals surface area contributed by atoms with Gasteiger partial charge in [0.1, 0.15) is 5.75 Å². The second-order valence-electron chi connectivity index (χ2n) is 5.14. The smallest absolute Gasteiger partial charge is 0.119 e. The second-order valence-corrected chi connectivity index (χ2v) is 6.60. The molecule has 1 N–H and O–H groups in total. The lowest BCUT2D eigenvalue weighted by atomic mass is 10.1. The van der Waals surface area contributed by atoms with Crippen LogP contribution in [0.5, 0.6) is 5.75 Å². The van der Waals surface area contributed by atoms with Crippen LogP contribution in [-0.4, -0.2) is 6.61 Å². The molecule has 1 atom stereocenters. The summed E-state index contributed by atoms with van der Waals surface area (Å²) >= 11 is 1.86. The van der Waals surface area contributed by atoms with Crippen molar-refractivity contribution in [3.63, 3.8) is 0 Å². The van der Waals surface area contributed by atoms with Gasteiger partial charge >= 0.3 is 0 Å². The molecule has 0 bridgehead atoms. The van der Waals surface area contributed by atoms with Crippen LogP contribution >= 0.6 is 11.3 Å². The van der Waals surface area contributed by atoms with Gasteiger partial charge in [0.25, 0.3) is 0 Å². The van der Waals surface area contributed by atoms with E-state index in [4.69, 9.17) is 4.74 Å². The molecule has 1 aromatic heterocycles. The van der Waals surface area contributed by atoms with E-state index >= 15 is 0 Å². The minimum atomic E-state index is 0.316. The van der Waals surface area contributed by atoms with Gasteiger partial charge in [-0.05, 0) is 70.0 Å². The molecule has 20 heavy (non-hydrogen) atoms. The topological polar surface area (TPSA) is 21.3 Å². The first-order valence-electron chi connectivity index (χ1n) is 7.08. The third kappa shape index (κ3) is 3.34. The molecule has 0 radical (unpaired) electrons. The van der Waals surface area contributed by atoms with Crippen molar-refractivity contribution in [1.82, 2.24) is 0 Å².